The minimum Gasteiger partial charge on any atom is -0.386 e. The number of carbonyl (C=O) groups is 2. The van der Waals surface area contributed by atoms with Crippen molar-refractivity contribution in [3.63, 3.8) is 0 Å². The number of rotatable bonds is 0. The highest BCUT2D eigenvalue weighted by molar-refractivity contribution is 6.15. The van der Waals surface area contributed by atoms with Crippen LogP contribution < -0.4 is 0 Å². The molecule has 3 heteroatoms. The molecule has 0 aliphatic carbocycles. The van der Waals surface area contributed by atoms with E-state index in [0.29, 0.717) is 11.1 Å². The maximum atomic E-state index is 11.5. The third-order valence-corrected chi connectivity index (χ3v) is 2.48. The maximum Gasteiger partial charge on any atom is 0.347 e. The number of esters is 2. The second-order valence-electron chi connectivity index (χ2n) is 4.66. The molecule has 0 bridgehead atoms. The van der Waals surface area contributed by atoms with Crippen molar-refractivity contribution < 1.29 is 14.3 Å². The van der Waals surface area contributed by atoms with Crippen LogP contribution in [0.2, 0.25) is 0 Å². The van der Waals surface area contributed by atoms with Crippen molar-refractivity contribution in [3.05, 3.63) is 34.9 Å². The van der Waals surface area contributed by atoms with Gasteiger partial charge in [0, 0.05) is 0 Å². The van der Waals surface area contributed by atoms with Crippen LogP contribution in [-0.2, 0) is 10.2 Å². The van der Waals surface area contributed by atoms with Crippen LogP contribution in [-0.4, -0.2) is 11.9 Å². The lowest BCUT2D eigenvalue weighted by Crippen LogP contribution is -2.16. The average molecular weight is 204 g/mol. The molecule has 15 heavy (non-hydrogen) atoms. The lowest BCUT2D eigenvalue weighted by atomic mass is 9.82. The Balaban J connectivity index is 2.71. The van der Waals surface area contributed by atoms with E-state index in [1.807, 2.05) is 26.8 Å². The highest BCUT2D eigenvalue weighted by Crippen LogP contribution is 2.31. The Morgan fingerprint density at radius 1 is 1.07 bits per heavy atom. The van der Waals surface area contributed by atoms with Gasteiger partial charge < -0.3 is 4.74 Å². The predicted molar refractivity (Wildman–Crippen MR) is 54.9 cm³/mol. The summed E-state index contributed by atoms with van der Waals surface area (Å²) in [6.07, 6.45) is 0. The zero-order chi connectivity index (χ0) is 11.2. The summed E-state index contributed by atoms with van der Waals surface area (Å²) in [7, 11) is 0. The number of benzene rings is 1. The van der Waals surface area contributed by atoms with Crippen molar-refractivity contribution in [1.29, 1.82) is 0 Å². The number of ether oxygens (including phenoxy) is 1. The highest BCUT2D eigenvalue weighted by atomic mass is 16.6. The molecule has 1 aliphatic rings. The topological polar surface area (TPSA) is 43.4 Å². The molecule has 78 valence electrons. The summed E-state index contributed by atoms with van der Waals surface area (Å²) in [6, 6.07) is 5.26. The Labute approximate surface area is 88.1 Å². The van der Waals surface area contributed by atoms with Gasteiger partial charge in [0.25, 0.3) is 0 Å². The van der Waals surface area contributed by atoms with Gasteiger partial charge in [-0.3, -0.25) is 0 Å². The molecule has 0 N–H and O–H groups in total. The minimum absolute atomic E-state index is 0.172. The number of cyclic esters (lactones) is 2. The van der Waals surface area contributed by atoms with Gasteiger partial charge >= 0.3 is 11.9 Å². The molecule has 0 spiro atoms. The van der Waals surface area contributed by atoms with Crippen LogP contribution in [0.5, 0.6) is 0 Å². The first-order valence-electron chi connectivity index (χ1n) is 4.81. The largest absolute Gasteiger partial charge is 0.386 e. The summed E-state index contributed by atoms with van der Waals surface area (Å²) in [6.45, 7) is 6.00. The Hall–Kier alpha value is -1.64. The van der Waals surface area contributed by atoms with E-state index < -0.39 is 11.9 Å². The van der Waals surface area contributed by atoms with Gasteiger partial charge in [-0.05, 0) is 17.0 Å². The van der Waals surface area contributed by atoms with Crippen molar-refractivity contribution in [3.8, 4) is 0 Å². The first kappa shape index (κ1) is 9.90. The molecule has 0 unspecified atom stereocenters. The molecular formula is C12H12O3. The Morgan fingerprint density at radius 2 is 1.73 bits per heavy atom. The van der Waals surface area contributed by atoms with Crippen LogP contribution in [0, 0.1) is 0 Å². The van der Waals surface area contributed by atoms with Gasteiger partial charge in [-0.2, -0.15) is 0 Å². The molecule has 3 nitrogen and oxygen atoms in total. The Bertz CT molecular complexity index is 452. The molecule has 1 aliphatic heterocycles. The maximum absolute atomic E-state index is 11.5. The summed E-state index contributed by atoms with van der Waals surface area (Å²) in [5.74, 6) is -1.07. The van der Waals surface area contributed by atoms with E-state index >= 15 is 0 Å². The molecular weight excluding hydrogens is 192 g/mol. The molecule has 1 aromatic carbocycles. The standard InChI is InChI=1S/C12H12O3/c1-12(2,3)8-6-4-5-7-9(8)11(14)15-10(7)13/h4-6H,1-3H3. The molecule has 0 radical (unpaired) electrons. The molecule has 0 saturated carbocycles. The van der Waals surface area contributed by atoms with Crippen LogP contribution in [0.1, 0.15) is 47.1 Å². The summed E-state index contributed by atoms with van der Waals surface area (Å²) >= 11 is 0. The SMILES string of the molecule is CC(C)(C)c1cccc2c1C(=O)OC2=O. The lowest BCUT2D eigenvalue weighted by molar-refractivity contribution is 0.0443. The predicted octanol–water partition coefficient (Wildman–Crippen LogP) is 2.29. The fraction of sp³-hybridized carbons (Fsp3) is 0.333. The van der Waals surface area contributed by atoms with Crippen molar-refractivity contribution in [2.45, 2.75) is 26.2 Å². The van der Waals surface area contributed by atoms with Crippen LogP contribution in [0.4, 0.5) is 0 Å². The van der Waals surface area contributed by atoms with Gasteiger partial charge in [-0.1, -0.05) is 32.9 Å². The van der Waals surface area contributed by atoms with Crippen molar-refractivity contribution in [2.24, 2.45) is 0 Å². The van der Waals surface area contributed by atoms with Crippen LogP contribution >= 0.6 is 0 Å². The monoisotopic (exact) mass is 204 g/mol. The first-order valence-corrected chi connectivity index (χ1v) is 4.81. The zero-order valence-corrected chi connectivity index (χ0v) is 8.96. The van der Waals surface area contributed by atoms with E-state index in [0.717, 1.165) is 5.56 Å². The molecule has 0 aromatic heterocycles. The zero-order valence-electron chi connectivity index (χ0n) is 8.96. The summed E-state index contributed by atoms with van der Waals surface area (Å²) in [5.41, 5.74) is 1.49. The van der Waals surface area contributed by atoms with Gasteiger partial charge in [-0.25, -0.2) is 9.59 Å². The van der Waals surface area contributed by atoms with E-state index in [4.69, 9.17) is 0 Å². The Kier molecular flexibility index (Phi) is 1.93. The van der Waals surface area contributed by atoms with Crippen LogP contribution in [0.25, 0.3) is 0 Å². The molecule has 1 heterocycles. The number of fused-ring (bicyclic) bond motifs is 1. The normalized spacial score (nSPS) is 15.1. The van der Waals surface area contributed by atoms with Crippen molar-refractivity contribution >= 4 is 11.9 Å². The molecule has 0 atom stereocenters. The van der Waals surface area contributed by atoms with E-state index in [2.05, 4.69) is 4.74 Å². The fourth-order valence-corrected chi connectivity index (χ4v) is 1.76. The fourth-order valence-electron chi connectivity index (χ4n) is 1.76. The summed E-state index contributed by atoms with van der Waals surface area (Å²) in [5, 5.41) is 0. The second-order valence-corrected chi connectivity index (χ2v) is 4.66. The van der Waals surface area contributed by atoms with E-state index in [1.165, 1.54) is 0 Å². The molecule has 0 fully saturated rings. The van der Waals surface area contributed by atoms with Gasteiger partial charge in [0.15, 0.2) is 0 Å². The second kappa shape index (κ2) is 2.92. The molecule has 1 aromatic rings. The van der Waals surface area contributed by atoms with Crippen molar-refractivity contribution in [1.82, 2.24) is 0 Å². The third-order valence-electron chi connectivity index (χ3n) is 2.48. The van der Waals surface area contributed by atoms with E-state index in [-0.39, 0.29) is 5.41 Å². The van der Waals surface area contributed by atoms with Crippen LogP contribution in [0.3, 0.4) is 0 Å². The third kappa shape index (κ3) is 1.44. The van der Waals surface area contributed by atoms with E-state index in [9.17, 15) is 9.59 Å². The summed E-state index contributed by atoms with van der Waals surface area (Å²) in [4.78, 5) is 22.8. The lowest BCUT2D eigenvalue weighted by Gasteiger charge is -2.20. The first-order chi connectivity index (χ1) is 6.91. The molecule has 0 amide bonds. The Morgan fingerprint density at radius 3 is 2.33 bits per heavy atom. The van der Waals surface area contributed by atoms with Crippen molar-refractivity contribution in [2.75, 3.05) is 0 Å². The van der Waals surface area contributed by atoms with E-state index in [1.54, 1.807) is 12.1 Å². The molecule has 0 saturated heterocycles. The minimum atomic E-state index is -0.541. The van der Waals surface area contributed by atoms with Gasteiger partial charge in [-0.15, -0.1) is 0 Å². The number of hydrogen-bond acceptors (Lipinski definition) is 3. The summed E-state index contributed by atoms with van der Waals surface area (Å²) < 4.78 is 4.59. The number of hydrogen-bond donors (Lipinski definition) is 0. The number of carbonyl (C=O) groups excluding carboxylic acids is 2. The van der Waals surface area contributed by atoms with Gasteiger partial charge in [0.2, 0.25) is 0 Å². The average Bonchev–Trinajstić information content (AvgIpc) is 2.41. The highest BCUT2D eigenvalue weighted by Gasteiger charge is 2.34. The molecule has 2 rings (SSSR count). The quantitative estimate of drug-likeness (QED) is 0.481. The smallest absolute Gasteiger partial charge is 0.347 e. The van der Waals surface area contributed by atoms with Crippen LogP contribution in [0.15, 0.2) is 18.2 Å². The van der Waals surface area contributed by atoms with Gasteiger partial charge in [0.1, 0.15) is 0 Å². The van der Waals surface area contributed by atoms with Gasteiger partial charge in [0.05, 0.1) is 11.1 Å².